The van der Waals surface area contributed by atoms with Gasteiger partial charge >= 0.3 is 0 Å². The largest absolute Gasteiger partial charge is 0.361 e. The highest BCUT2D eigenvalue weighted by Gasteiger charge is 2.49. The Morgan fingerprint density at radius 1 is 1.40 bits per heavy atom. The molecule has 1 aromatic rings. The fraction of sp³-hybridized carbons (Fsp3) is 0.600. The number of carbonyl (C=O) groups is 1. The third-order valence-electron chi connectivity index (χ3n) is 4.75. The van der Waals surface area contributed by atoms with E-state index in [2.05, 4.69) is 10.3 Å². The summed E-state index contributed by atoms with van der Waals surface area (Å²) in [6.07, 6.45) is 5.18. The lowest BCUT2D eigenvalue weighted by Crippen LogP contribution is -2.42. The number of carbonyl (C=O) groups excluding carboxylic acids is 1. The van der Waals surface area contributed by atoms with Gasteiger partial charge in [-0.3, -0.25) is 4.79 Å². The fourth-order valence-corrected chi connectivity index (χ4v) is 3.79. The molecule has 2 aliphatic rings. The molecule has 20 heavy (non-hydrogen) atoms. The minimum atomic E-state index is -0.0380. The normalized spacial score (nSPS) is 31.4. The molecule has 5 nitrogen and oxygen atoms in total. The van der Waals surface area contributed by atoms with Crippen LogP contribution in [0.1, 0.15) is 19.3 Å². The average molecular weight is 274 g/mol. The molecule has 3 N–H and O–H groups in total. The molecule has 2 saturated carbocycles. The van der Waals surface area contributed by atoms with Crippen molar-refractivity contribution in [3.05, 3.63) is 18.3 Å². The highest BCUT2D eigenvalue weighted by Crippen LogP contribution is 2.48. The van der Waals surface area contributed by atoms with Crippen LogP contribution in [0.5, 0.6) is 0 Å². The number of aromatic nitrogens is 1. The van der Waals surface area contributed by atoms with Gasteiger partial charge in [0.05, 0.1) is 11.6 Å². The van der Waals surface area contributed by atoms with Crippen molar-refractivity contribution in [3.63, 3.8) is 0 Å². The van der Waals surface area contributed by atoms with Gasteiger partial charge in [0, 0.05) is 26.3 Å². The van der Waals surface area contributed by atoms with E-state index in [1.165, 1.54) is 6.42 Å². The molecule has 4 unspecified atom stereocenters. The van der Waals surface area contributed by atoms with Gasteiger partial charge in [-0.15, -0.1) is 0 Å². The second-order valence-electron chi connectivity index (χ2n) is 6.19. The van der Waals surface area contributed by atoms with E-state index in [0.717, 1.165) is 24.3 Å². The van der Waals surface area contributed by atoms with Crippen LogP contribution >= 0.6 is 0 Å². The van der Waals surface area contributed by atoms with Crippen molar-refractivity contribution in [2.24, 2.45) is 23.5 Å². The van der Waals surface area contributed by atoms with Crippen LogP contribution in [0.25, 0.3) is 0 Å². The van der Waals surface area contributed by atoms with Gasteiger partial charge in [0.1, 0.15) is 0 Å². The molecule has 5 heteroatoms. The minimum absolute atomic E-state index is 0.0215. The smallest absolute Gasteiger partial charge is 0.229 e. The Morgan fingerprint density at radius 3 is 2.80 bits per heavy atom. The Bertz CT molecular complexity index is 514. The predicted octanol–water partition coefficient (Wildman–Crippen LogP) is 1.46. The summed E-state index contributed by atoms with van der Waals surface area (Å²) in [5, 5.41) is 3.03. The van der Waals surface area contributed by atoms with E-state index in [1.54, 1.807) is 6.20 Å². The van der Waals surface area contributed by atoms with Crippen molar-refractivity contribution < 1.29 is 4.79 Å². The third-order valence-corrected chi connectivity index (χ3v) is 4.75. The Kier molecular flexibility index (Phi) is 3.38. The monoisotopic (exact) mass is 274 g/mol. The summed E-state index contributed by atoms with van der Waals surface area (Å²) in [6, 6.07) is 3.75. The van der Waals surface area contributed by atoms with Crippen molar-refractivity contribution in [2.45, 2.75) is 25.3 Å². The molecule has 2 bridgehead atoms. The van der Waals surface area contributed by atoms with Gasteiger partial charge in [0.25, 0.3) is 0 Å². The van der Waals surface area contributed by atoms with E-state index in [-0.39, 0.29) is 17.9 Å². The number of nitrogens with two attached hydrogens (primary N) is 1. The molecule has 1 heterocycles. The maximum atomic E-state index is 12.6. The topological polar surface area (TPSA) is 71.2 Å². The molecule has 0 aliphatic heterocycles. The summed E-state index contributed by atoms with van der Waals surface area (Å²) >= 11 is 0. The first kappa shape index (κ1) is 13.4. The fourth-order valence-electron chi connectivity index (χ4n) is 3.79. The Morgan fingerprint density at radius 2 is 2.15 bits per heavy atom. The molecule has 0 saturated heterocycles. The molecule has 2 aliphatic carbocycles. The van der Waals surface area contributed by atoms with Gasteiger partial charge in [-0.25, -0.2) is 4.98 Å². The molecule has 1 aromatic heterocycles. The highest BCUT2D eigenvalue weighted by atomic mass is 16.2. The van der Waals surface area contributed by atoms with Gasteiger partial charge in [-0.1, -0.05) is 0 Å². The summed E-state index contributed by atoms with van der Waals surface area (Å²) in [4.78, 5) is 18.8. The summed E-state index contributed by atoms with van der Waals surface area (Å²) in [7, 11) is 3.84. The SMILES string of the molecule is CN(C)c1ncccc1NC(=O)C1C2CCC(C2)C1N. The van der Waals surface area contributed by atoms with Crippen LogP contribution < -0.4 is 16.0 Å². The molecule has 0 spiro atoms. The van der Waals surface area contributed by atoms with Crippen molar-refractivity contribution >= 4 is 17.4 Å². The summed E-state index contributed by atoms with van der Waals surface area (Å²) in [5.41, 5.74) is 6.99. The van der Waals surface area contributed by atoms with Gasteiger partial charge in [0.15, 0.2) is 5.82 Å². The first-order valence-corrected chi connectivity index (χ1v) is 7.26. The molecular formula is C15H22N4O. The number of pyridine rings is 1. The van der Waals surface area contributed by atoms with E-state index in [9.17, 15) is 4.79 Å². The summed E-state index contributed by atoms with van der Waals surface area (Å²) in [5.74, 6) is 1.80. The quantitative estimate of drug-likeness (QED) is 0.875. The van der Waals surface area contributed by atoms with E-state index in [4.69, 9.17) is 5.73 Å². The number of fused-ring (bicyclic) bond motifs is 2. The third kappa shape index (κ3) is 2.16. The second kappa shape index (κ2) is 5.05. The number of amides is 1. The highest BCUT2D eigenvalue weighted by molar-refractivity contribution is 5.96. The van der Waals surface area contributed by atoms with Crippen molar-refractivity contribution in [1.82, 2.24) is 4.98 Å². The first-order valence-electron chi connectivity index (χ1n) is 7.26. The molecule has 2 fully saturated rings. The predicted molar refractivity (Wildman–Crippen MR) is 79.5 cm³/mol. The lowest BCUT2D eigenvalue weighted by molar-refractivity contribution is -0.121. The van der Waals surface area contributed by atoms with Gasteiger partial charge < -0.3 is 16.0 Å². The van der Waals surface area contributed by atoms with Gasteiger partial charge in [0.2, 0.25) is 5.91 Å². The Balaban J connectivity index is 1.77. The molecule has 3 rings (SSSR count). The average Bonchev–Trinajstić information content (AvgIpc) is 2.99. The maximum Gasteiger partial charge on any atom is 0.229 e. The zero-order valence-corrected chi connectivity index (χ0v) is 12.0. The molecule has 0 aromatic carbocycles. The minimum Gasteiger partial charge on any atom is -0.361 e. The van der Waals surface area contributed by atoms with Gasteiger partial charge in [-0.2, -0.15) is 0 Å². The molecule has 4 atom stereocenters. The van der Waals surface area contributed by atoms with E-state index < -0.39 is 0 Å². The van der Waals surface area contributed by atoms with E-state index in [1.807, 2.05) is 31.1 Å². The number of nitrogens with zero attached hydrogens (tertiary/aromatic N) is 2. The maximum absolute atomic E-state index is 12.6. The van der Waals surface area contributed by atoms with Crippen LogP contribution in [0.2, 0.25) is 0 Å². The molecule has 108 valence electrons. The number of hydrogen-bond donors (Lipinski definition) is 2. The van der Waals surface area contributed by atoms with Gasteiger partial charge in [-0.05, 0) is 43.2 Å². The number of hydrogen-bond acceptors (Lipinski definition) is 4. The number of rotatable bonds is 3. The zero-order chi connectivity index (χ0) is 14.3. The van der Waals surface area contributed by atoms with Crippen LogP contribution in [0.3, 0.4) is 0 Å². The Hall–Kier alpha value is -1.62. The molecular weight excluding hydrogens is 252 g/mol. The summed E-state index contributed by atoms with van der Waals surface area (Å²) in [6.45, 7) is 0. The first-order chi connectivity index (χ1) is 9.58. The lowest BCUT2D eigenvalue weighted by atomic mass is 9.84. The summed E-state index contributed by atoms with van der Waals surface area (Å²) < 4.78 is 0. The zero-order valence-electron chi connectivity index (χ0n) is 12.0. The van der Waals surface area contributed by atoms with Crippen LogP contribution in [0.4, 0.5) is 11.5 Å². The lowest BCUT2D eigenvalue weighted by Gasteiger charge is -2.27. The van der Waals surface area contributed by atoms with Crippen LogP contribution in [-0.4, -0.2) is 31.0 Å². The Labute approximate surface area is 119 Å². The van der Waals surface area contributed by atoms with Crippen molar-refractivity contribution in [1.29, 1.82) is 0 Å². The van der Waals surface area contributed by atoms with Crippen LogP contribution in [0.15, 0.2) is 18.3 Å². The van der Waals surface area contributed by atoms with Crippen molar-refractivity contribution in [3.8, 4) is 0 Å². The number of nitrogens with one attached hydrogen (secondary N) is 1. The van der Waals surface area contributed by atoms with Crippen molar-refractivity contribution in [2.75, 3.05) is 24.3 Å². The standard InChI is InChI=1S/C15H22N4O/c1-19(2)14-11(4-3-7-17-14)18-15(20)12-9-5-6-10(8-9)13(12)16/h3-4,7,9-10,12-13H,5-6,8,16H2,1-2H3,(H,18,20). The number of anilines is 2. The van der Waals surface area contributed by atoms with Crippen LogP contribution in [-0.2, 0) is 4.79 Å². The second-order valence-corrected chi connectivity index (χ2v) is 6.19. The van der Waals surface area contributed by atoms with Crippen LogP contribution in [0, 0.1) is 17.8 Å². The van der Waals surface area contributed by atoms with E-state index >= 15 is 0 Å². The molecule has 1 amide bonds. The molecule has 0 radical (unpaired) electrons. The van der Waals surface area contributed by atoms with E-state index in [0.29, 0.717) is 11.8 Å².